The monoisotopic (exact) mass is 354 g/mol. The molecule has 0 spiro atoms. The fourth-order valence-electron chi connectivity index (χ4n) is 2.41. The van der Waals surface area contributed by atoms with Crippen LogP contribution in [0.1, 0.15) is 28.4 Å². The Labute approximate surface area is 152 Å². The van der Waals surface area contributed by atoms with Crippen LogP contribution in [0.25, 0.3) is 0 Å². The molecule has 0 aliphatic heterocycles. The van der Waals surface area contributed by atoms with E-state index < -0.39 is 18.0 Å². The van der Waals surface area contributed by atoms with Gasteiger partial charge in [-0.15, -0.1) is 0 Å². The highest BCUT2D eigenvalue weighted by Gasteiger charge is 2.19. The number of benzene rings is 2. The number of Topliss-reactive ketones (excluding diaryl/α,β-unsaturated/α-hetero) is 1. The van der Waals surface area contributed by atoms with Gasteiger partial charge in [-0.25, -0.2) is 9.59 Å². The maximum atomic E-state index is 12.2. The lowest BCUT2D eigenvalue weighted by atomic mass is 10.0. The molecule has 2 aromatic carbocycles. The number of urea groups is 1. The largest absolute Gasteiger partial charge is 0.456 e. The van der Waals surface area contributed by atoms with Gasteiger partial charge in [-0.2, -0.15) is 0 Å². The summed E-state index contributed by atoms with van der Waals surface area (Å²) in [6.07, 6.45) is 0. The van der Waals surface area contributed by atoms with Crippen molar-refractivity contribution in [3.63, 3.8) is 0 Å². The molecule has 0 aliphatic carbocycles. The Morgan fingerprint density at radius 1 is 1.04 bits per heavy atom. The number of aryl methyl sites for hydroxylation is 2. The molecule has 136 valence electrons. The van der Waals surface area contributed by atoms with Crippen molar-refractivity contribution in [1.29, 1.82) is 0 Å². The minimum absolute atomic E-state index is 0.281. The van der Waals surface area contributed by atoms with Gasteiger partial charge in [0.25, 0.3) is 0 Å². The first-order valence-corrected chi connectivity index (χ1v) is 8.26. The lowest BCUT2D eigenvalue weighted by Gasteiger charge is -2.14. The predicted octanol–water partition coefficient (Wildman–Crippen LogP) is 3.24. The third-order valence-electron chi connectivity index (χ3n) is 3.76. The molecule has 1 atom stereocenters. The van der Waals surface area contributed by atoms with Gasteiger partial charge < -0.3 is 15.4 Å². The summed E-state index contributed by atoms with van der Waals surface area (Å²) in [5, 5.41) is 5.08. The number of para-hydroxylation sites is 1. The molecule has 0 heterocycles. The van der Waals surface area contributed by atoms with E-state index in [4.69, 9.17) is 4.74 Å². The number of rotatable bonds is 6. The van der Waals surface area contributed by atoms with E-state index in [0.717, 1.165) is 11.1 Å². The average Bonchev–Trinajstić information content (AvgIpc) is 2.60. The summed E-state index contributed by atoms with van der Waals surface area (Å²) < 4.78 is 5.03. The third-order valence-corrected chi connectivity index (χ3v) is 3.76. The predicted molar refractivity (Wildman–Crippen MR) is 99.3 cm³/mol. The number of hydrogen-bond acceptors (Lipinski definition) is 4. The van der Waals surface area contributed by atoms with Crippen LogP contribution in [-0.4, -0.2) is 30.4 Å². The lowest BCUT2D eigenvalue weighted by molar-refractivity contribution is -0.144. The van der Waals surface area contributed by atoms with Gasteiger partial charge in [0, 0.05) is 11.3 Å². The first-order chi connectivity index (χ1) is 12.4. The minimum Gasteiger partial charge on any atom is -0.456 e. The van der Waals surface area contributed by atoms with Gasteiger partial charge in [0.1, 0.15) is 6.04 Å². The fourth-order valence-corrected chi connectivity index (χ4v) is 2.41. The quantitative estimate of drug-likeness (QED) is 0.616. The van der Waals surface area contributed by atoms with Crippen molar-refractivity contribution in [2.75, 3.05) is 11.9 Å². The van der Waals surface area contributed by atoms with Gasteiger partial charge in [-0.05, 0) is 38.5 Å². The van der Waals surface area contributed by atoms with Crippen LogP contribution < -0.4 is 10.6 Å². The van der Waals surface area contributed by atoms with Crippen LogP contribution in [0.4, 0.5) is 10.5 Å². The number of ketones is 1. The number of carbonyl (C=O) groups is 3. The Morgan fingerprint density at radius 2 is 1.73 bits per heavy atom. The second kappa shape index (κ2) is 8.80. The van der Waals surface area contributed by atoms with E-state index in [-0.39, 0.29) is 12.4 Å². The average molecular weight is 354 g/mol. The first-order valence-electron chi connectivity index (χ1n) is 8.26. The molecule has 0 fully saturated rings. The van der Waals surface area contributed by atoms with E-state index in [1.807, 2.05) is 32.0 Å². The zero-order valence-electron chi connectivity index (χ0n) is 15.0. The maximum Gasteiger partial charge on any atom is 0.328 e. The third kappa shape index (κ3) is 5.44. The molecule has 0 radical (unpaired) electrons. The summed E-state index contributed by atoms with van der Waals surface area (Å²) in [5.74, 6) is -0.955. The number of anilines is 1. The Balaban J connectivity index is 1.83. The van der Waals surface area contributed by atoms with Gasteiger partial charge in [0.05, 0.1) is 0 Å². The lowest BCUT2D eigenvalue weighted by Crippen LogP contribution is -2.42. The van der Waals surface area contributed by atoms with Crippen molar-refractivity contribution in [1.82, 2.24) is 5.32 Å². The van der Waals surface area contributed by atoms with Gasteiger partial charge in [-0.3, -0.25) is 4.79 Å². The second-order valence-electron chi connectivity index (χ2n) is 6.04. The van der Waals surface area contributed by atoms with Gasteiger partial charge >= 0.3 is 12.0 Å². The molecule has 0 aliphatic rings. The molecular weight excluding hydrogens is 332 g/mol. The van der Waals surface area contributed by atoms with Crippen molar-refractivity contribution < 1.29 is 19.1 Å². The van der Waals surface area contributed by atoms with E-state index in [2.05, 4.69) is 10.6 Å². The minimum atomic E-state index is -0.884. The van der Waals surface area contributed by atoms with Crippen LogP contribution in [0.2, 0.25) is 0 Å². The summed E-state index contributed by atoms with van der Waals surface area (Å²) in [6.45, 7) is 4.90. The molecule has 0 saturated carbocycles. The molecule has 0 saturated heterocycles. The SMILES string of the molecule is Cc1ccc(C(=O)COC(=O)[C@H](C)NC(=O)Nc2ccccc2)c(C)c1. The molecular formula is C20H22N2O4. The second-order valence-corrected chi connectivity index (χ2v) is 6.04. The highest BCUT2D eigenvalue weighted by atomic mass is 16.5. The molecule has 6 nitrogen and oxygen atoms in total. The van der Waals surface area contributed by atoms with Crippen molar-refractivity contribution >= 4 is 23.5 Å². The van der Waals surface area contributed by atoms with Crippen molar-refractivity contribution in [3.8, 4) is 0 Å². The molecule has 6 heteroatoms. The zero-order chi connectivity index (χ0) is 19.1. The first kappa shape index (κ1) is 19.2. The summed E-state index contributed by atoms with van der Waals surface area (Å²) in [7, 11) is 0. The Bertz CT molecular complexity index is 803. The molecule has 2 amide bonds. The van der Waals surface area contributed by atoms with Gasteiger partial charge in [-0.1, -0.05) is 42.0 Å². The molecule has 26 heavy (non-hydrogen) atoms. The van der Waals surface area contributed by atoms with Crippen molar-refractivity contribution in [2.24, 2.45) is 0 Å². The zero-order valence-corrected chi connectivity index (χ0v) is 15.0. The Hall–Kier alpha value is -3.15. The summed E-state index contributed by atoms with van der Waals surface area (Å²) in [5.41, 5.74) is 3.01. The number of ether oxygens (including phenoxy) is 1. The number of nitrogens with one attached hydrogen (secondary N) is 2. The van der Waals surface area contributed by atoms with Crippen molar-refractivity contribution in [2.45, 2.75) is 26.8 Å². The number of esters is 1. The molecule has 2 aromatic rings. The van der Waals surface area contributed by atoms with Crippen LogP contribution in [0.3, 0.4) is 0 Å². The Kier molecular flexibility index (Phi) is 6.49. The fraction of sp³-hybridized carbons (Fsp3) is 0.250. The Morgan fingerprint density at radius 3 is 2.38 bits per heavy atom. The van der Waals surface area contributed by atoms with Crippen LogP contribution in [0, 0.1) is 13.8 Å². The highest BCUT2D eigenvalue weighted by molar-refractivity contribution is 5.99. The highest BCUT2D eigenvalue weighted by Crippen LogP contribution is 2.11. The standard InChI is InChI=1S/C20H22N2O4/c1-13-9-10-17(14(2)11-13)18(23)12-26-19(24)15(3)21-20(25)22-16-7-5-4-6-8-16/h4-11,15H,12H2,1-3H3,(H2,21,22,25)/t15-/m0/s1. The molecule has 2 N–H and O–H groups in total. The molecule has 0 bridgehead atoms. The normalized spacial score (nSPS) is 11.3. The number of carbonyl (C=O) groups excluding carboxylic acids is 3. The van der Waals surface area contributed by atoms with Crippen molar-refractivity contribution in [3.05, 3.63) is 65.2 Å². The summed E-state index contributed by atoms with van der Waals surface area (Å²) in [6, 6.07) is 12.9. The van der Waals surface area contributed by atoms with E-state index >= 15 is 0 Å². The molecule has 2 rings (SSSR count). The smallest absolute Gasteiger partial charge is 0.328 e. The van der Waals surface area contributed by atoms with E-state index in [1.54, 1.807) is 30.3 Å². The molecule has 0 unspecified atom stereocenters. The summed E-state index contributed by atoms with van der Waals surface area (Å²) >= 11 is 0. The van der Waals surface area contributed by atoms with Crippen LogP contribution in [0.15, 0.2) is 48.5 Å². The molecule has 0 aromatic heterocycles. The maximum absolute atomic E-state index is 12.2. The van der Waals surface area contributed by atoms with Crippen LogP contribution in [0.5, 0.6) is 0 Å². The van der Waals surface area contributed by atoms with E-state index in [1.165, 1.54) is 6.92 Å². The van der Waals surface area contributed by atoms with Gasteiger partial charge in [0.2, 0.25) is 5.78 Å². The van der Waals surface area contributed by atoms with Crippen LogP contribution in [-0.2, 0) is 9.53 Å². The van der Waals surface area contributed by atoms with E-state index in [0.29, 0.717) is 11.3 Å². The van der Waals surface area contributed by atoms with Gasteiger partial charge in [0.15, 0.2) is 6.61 Å². The van der Waals surface area contributed by atoms with Crippen LogP contribution >= 0.6 is 0 Å². The number of hydrogen-bond donors (Lipinski definition) is 2. The van der Waals surface area contributed by atoms with E-state index in [9.17, 15) is 14.4 Å². The number of amides is 2. The summed E-state index contributed by atoms with van der Waals surface area (Å²) in [4.78, 5) is 36.0. The topological polar surface area (TPSA) is 84.5 Å².